The van der Waals surface area contributed by atoms with Gasteiger partial charge in [-0.05, 0) is 48.1 Å². The standard InChI is InChI=1S/C14H20N2O3S/c1-3-14(12(17)18)5-4-6-16(14)13(19)15-7-11-9-20-8-10(11)2/h8-9H,3-7H2,1-2H3,(H,15,19)(H,17,18). The highest BCUT2D eigenvalue weighted by Gasteiger charge is 2.48. The van der Waals surface area contributed by atoms with E-state index in [0.717, 1.165) is 17.5 Å². The van der Waals surface area contributed by atoms with E-state index in [1.807, 2.05) is 24.6 Å². The zero-order valence-electron chi connectivity index (χ0n) is 11.8. The predicted molar refractivity (Wildman–Crippen MR) is 77.9 cm³/mol. The van der Waals surface area contributed by atoms with Gasteiger partial charge in [0.2, 0.25) is 0 Å². The first-order valence-electron chi connectivity index (χ1n) is 6.82. The van der Waals surface area contributed by atoms with Gasteiger partial charge < -0.3 is 15.3 Å². The normalized spacial score (nSPS) is 22.0. The lowest BCUT2D eigenvalue weighted by Crippen LogP contribution is -2.55. The van der Waals surface area contributed by atoms with Crippen molar-refractivity contribution in [1.82, 2.24) is 10.2 Å². The molecule has 1 aliphatic heterocycles. The van der Waals surface area contributed by atoms with Crippen molar-refractivity contribution < 1.29 is 14.7 Å². The van der Waals surface area contributed by atoms with E-state index in [2.05, 4.69) is 5.32 Å². The first-order valence-corrected chi connectivity index (χ1v) is 7.76. The van der Waals surface area contributed by atoms with Gasteiger partial charge in [0.05, 0.1) is 0 Å². The number of amides is 2. The number of thiophene rings is 1. The molecule has 1 saturated heterocycles. The number of carboxylic acid groups (broad SMARTS) is 1. The van der Waals surface area contributed by atoms with Crippen LogP contribution >= 0.6 is 11.3 Å². The third-order valence-electron chi connectivity index (χ3n) is 4.11. The second-order valence-corrected chi connectivity index (χ2v) is 5.93. The Kier molecular flexibility index (Phi) is 4.32. The van der Waals surface area contributed by atoms with Gasteiger partial charge in [0, 0.05) is 13.1 Å². The zero-order chi connectivity index (χ0) is 14.8. The number of likely N-dealkylation sites (tertiary alicyclic amines) is 1. The molecule has 6 heteroatoms. The van der Waals surface area contributed by atoms with Crippen molar-refractivity contribution in [3.63, 3.8) is 0 Å². The molecule has 1 unspecified atom stereocenters. The Balaban J connectivity index is 2.05. The van der Waals surface area contributed by atoms with Crippen LogP contribution in [0.5, 0.6) is 0 Å². The van der Waals surface area contributed by atoms with Gasteiger partial charge in [-0.2, -0.15) is 11.3 Å². The molecular formula is C14H20N2O3S. The molecule has 2 amide bonds. The minimum atomic E-state index is -1.03. The van der Waals surface area contributed by atoms with E-state index in [0.29, 0.717) is 25.9 Å². The van der Waals surface area contributed by atoms with Crippen LogP contribution in [-0.2, 0) is 11.3 Å². The monoisotopic (exact) mass is 296 g/mol. The van der Waals surface area contributed by atoms with Crippen LogP contribution in [0.25, 0.3) is 0 Å². The van der Waals surface area contributed by atoms with Crippen LogP contribution in [0.15, 0.2) is 10.8 Å². The fraction of sp³-hybridized carbons (Fsp3) is 0.571. The van der Waals surface area contributed by atoms with Gasteiger partial charge in [-0.25, -0.2) is 9.59 Å². The van der Waals surface area contributed by atoms with E-state index in [9.17, 15) is 14.7 Å². The van der Waals surface area contributed by atoms with Crippen LogP contribution in [-0.4, -0.2) is 34.1 Å². The summed E-state index contributed by atoms with van der Waals surface area (Å²) in [6.45, 7) is 4.78. The molecule has 2 N–H and O–H groups in total. The van der Waals surface area contributed by atoms with E-state index in [4.69, 9.17) is 0 Å². The second kappa shape index (κ2) is 5.83. The largest absolute Gasteiger partial charge is 0.479 e. The zero-order valence-corrected chi connectivity index (χ0v) is 12.6. The highest BCUT2D eigenvalue weighted by molar-refractivity contribution is 7.08. The van der Waals surface area contributed by atoms with Crippen molar-refractivity contribution >= 4 is 23.3 Å². The summed E-state index contributed by atoms with van der Waals surface area (Å²) in [5.74, 6) is -0.903. The molecule has 1 atom stereocenters. The molecule has 0 aromatic carbocycles. The topological polar surface area (TPSA) is 69.6 Å². The van der Waals surface area contributed by atoms with Gasteiger partial charge in [0.15, 0.2) is 0 Å². The molecule has 0 radical (unpaired) electrons. The number of carbonyl (C=O) groups is 2. The number of nitrogens with one attached hydrogen (secondary N) is 1. The quantitative estimate of drug-likeness (QED) is 0.897. The number of nitrogens with zero attached hydrogens (tertiary/aromatic N) is 1. The third kappa shape index (κ3) is 2.52. The Labute approximate surface area is 122 Å². The van der Waals surface area contributed by atoms with E-state index in [-0.39, 0.29) is 6.03 Å². The Morgan fingerprint density at radius 2 is 2.25 bits per heavy atom. The van der Waals surface area contributed by atoms with Crippen LogP contribution in [0.1, 0.15) is 37.3 Å². The Bertz CT molecular complexity index is 514. The van der Waals surface area contributed by atoms with Crippen molar-refractivity contribution in [3.05, 3.63) is 21.9 Å². The van der Waals surface area contributed by atoms with Crippen molar-refractivity contribution in [3.8, 4) is 0 Å². The Morgan fingerprint density at radius 3 is 2.80 bits per heavy atom. The van der Waals surface area contributed by atoms with Gasteiger partial charge in [0.1, 0.15) is 5.54 Å². The number of carbonyl (C=O) groups excluding carboxylic acids is 1. The summed E-state index contributed by atoms with van der Waals surface area (Å²) < 4.78 is 0. The fourth-order valence-electron chi connectivity index (χ4n) is 2.75. The maximum atomic E-state index is 12.3. The van der Waals surface area contributed by atoms with Gasteiger partial charge >= 0.3 is 12.0 Å². The van der Waals surface area contributed by atoms with Crippen molar-refractivity contribution in [2.45, 2.75) is 45.2 Å². The average molecular weight is 296 g/mol. The maximum absolute atomic E-state index is 12.3. The summed E-state index contributed by atoms with van der Waals surface area (Å²) >= 11 is 1.60. The molecule has 1 aromatic rings. The van der Waals surface area contributed by atoms with E-state index < -0.39 is 11.5 Å². The number of urea groups is 1. The summed E-state index contributed by atoms with van der Waals surface area (Å²) in [5, 5.41) is 16.3. The molecule has 1 fully saturated rings. The summed E-state index contributed by atoms with van der Waals surface area (Å²) in [4.78, 5) is 25.3. The third-order valence-corrected chi connectivity index (χ3v) is 5.02. The lowest BCUT2D eigenvalue weighted by molar-refractivity contribution is -0.148. The van der Waals surface area contributed by atoms with Crippen LogP contribution in [0.3, 0.4) is 0 Å². The summed E-state index contributed by atoms with van der Waals surface area (Å²) in [6, 6.07) is -0.280. The van der Waals surface area contributed by atoms with Crippen LogP contribution in [0.4, 0.5) is 4.79 Å². The molecule has 110 valence electrons. The number of aryl methyl sites for hydroxylation is 1. The van der Waals surface area contributed by atoms with Gasteiger partial charge in [-0.3, -0.25) is 0 Å². The van der Waals surface area contributed by atoms with Crippen LogP contribution in [0.2, 0.25) is 0 Å². The molecule has 1 aliphatic rings. The molecule has 0 saturated carbocycles. The number of hydrogen-bond acceptors (Lipinski definition) is 3. The molecule has 20 heavy (non-hydrogen) atoms. The van der Waals surface area contributed by atoms with Gasteiger partial charge in [-0.15, -0.1) is 0 Å². The number of carboxylic acids is 1. The first-order chi connectivity index (χ1) is 9.51. The molecule has 0 spiro atoms. The highest BCUT2D eigenvalue weighted by atomic mass is 32.1. The minimum Gasteiger partial charge on any atom is -0.479 e. The lowest BCUT2D eigenvalue weighted by atomic mass is 9.93. The van der Waals surface area contributed by atoms with E-state index in [1.54, 1.807) is 11.3 Å². The maximum Gasteiger partial charge on any atom is 0.329 e. The number of rotatable bonds is 4. The number of hydrogen-bond donors (Lipinski definition) is 2. The van der Waals surface area contributed by atoms with Crippen molar-refractivity contribution in [1.29, 1.82) is 0 Å². The Morgan fingerprint density at radius 1 is 1.50 bits per heavy atom. The predicted octanol–water partition coefficient (Wildman–Crippen LogP) is 2.60. The fourth-order valence-corrected chi connectivity index (χ4v) is 3.61. The van der Waals surface area contributed by atoms with Crippen molar-refractivity contribution in [2.24, 2.45) is 0 Å². The lowest BCUT2D eigenvalue weighted by Gasteiger charge is -2.33. The van der Waals surface area contributed by atoms with E-state index >= 15 is 0 Å². The minimum absolute atomic E-state index is 0.280. The molecule has 1 aromatic heterocycles. The molecule has 0 bridgehead atoms. The summed E-state index contributed by atoms with van der Waals surface area (Å²) in [5.41, 5.74) is 1.20. The Hall–Kier alpha value is -1.56. The molecule has 5 nitrogen and oxygen atoms in total. The summed E-state index contributed by atoms with van der Waals surface area (Å²) in [6.07, 6.45) is 1.71. The van der Waals surface area contributed by atoms with Gasteiger partial charge in [-0.1, -0.05) is 6.92 Å². The van der Waals surface area contributed by atoms with Crippen LogP contribution < -0.4 is 5.32 Å². The van der Waals surface area contributed by atoms with Gasteiger partial charge in [0.25, 0.3) is 0 Å². The molecule has 2 rings (SSSR count). The first kappa shape index (κ1) is 14.8. The molecule has 2 heterocycles. The average Bonchev–Trinajstić information content (AvgIpc) is 3.02. The smallest absolute Gasteiger partial charge is 0.329 e. The van der Waals surface area contributed by atoms with Crippen LogP contribution in [0, 0.1) is 6.92 Å². The highest BCUT2D eigenvalue weighted by Crippen LogP contribution is 2.32. The second-order valence-electron chi connectivity index (χ2n) is 5.18. The summed E-state index contributed by atoms with van der Waals surface area (Å²) in [7, 11) is 0. The number of aliphatic carboxylic acids is 1. The van der Waals surface area contributed by atoms with E-state index in [1.165, 1.54) is 4.90 Å². The molecule has 0 aliphatic carbocycles. The molecular weight excluding hydrogens is 276 g/mol. The van der Waals surface area contributed by atoms with Crippen molar-refractivity contribution in [2.75, 3.05) is 6.54 Å². The SMILES string of the molecule is CCC1(C(=O)O)CCCN1C(=O)NCc1cscc1C.